The zero-order valence-electron chi connectivity index (χ0n) is 17.4. The molecule has 0 radical (unpaired) electrons. The minimum Gasteiger partial charge on any atom is -0.337 e. The first-order chi connectivity index (χ1) is 15.1. The van der Waals surface area contributed by atoms with E-state index >= 15 is 0 Å². The molecule has 0 bridgehead atoms. The Hall–Kier alpha value is -3.41. The number of Topliss-reactive ketones (excluding diaryl/α,β-unsaturated/α-hetero) is 1. The average Bonchev–Trinajstić information content (AvgIpc) is 3.41. The van der Waals surface area contributed by atoms with E-state index in [0.717, 1.165) is 36.9 Å². The van der Waals surface area contributed by atoms with Crippen molar-refractivity contribution in [3.05, 3.63) is 65.9 Å². The molecule has 2 aromatic carbocycles. The van der Waals surface area contributed by atoms with Gasteiger partial charge in [-0.3, -0.25) is 14.4 Å². The predicted molar refractivity (Wildman–Crippen MR) is 119 cm³/mol. The van der Waals surface area contributed by atoms with E-state index in [-0.39, 0.29) is 12.5 Å². The first-order valence-corrected chi connectivity index (χ1v) is 10.9. The zero-order chi connectivity index (χ0) is 21.4. The molecule has 1 fully saturated rings. The molecule has 0 spiro atoms. The van der Waals surface area contributed by atoms with Gasteiger partial charge in [-0.1, -0.05) is 36.4 Å². The minimum atomic E-state index is -0.490. The molecule has 6 heteroatoms. The van der Waals surface area contributed by atoms with Gasteiger partial charge in [0.1, 0.15) is 6.54 Å². The van der Waals surface area contributed by atoms with Gasteiger partial charge >= 0.3 is 0 Å². The number of fused-ring (bicyclic) bond motifs is 2. The number of ketones is 1. The van der Waals surface area contributed by atoms with Gasteiger partial charge in [-0.25, -0.2) is 0 Å². The van der Waals surface area contributed by atoms with E-state index in [2.05, 4.69) is 6.07 Å². The van der Waals surface area contributed by atoms with Crippen LogP contribution in [0.2, 0.25) is 0 Å². The van der Waals surface area contributed by atoms with Crippen molar-refractivity contribution in [2.75, 3.05) is 24.5 Å². The summed E-state index contributed by atoms with van der Waals surface area (Å²) in [4.78, 5) is 42.5. The summed E-state index contributed by atoms with van der Waals surface area (Å²) in [5.74, 6) is -0.953. The summed E-state index contributed by atoms with van der Waals surface area (Å²) in [5.41, 5.74) is 3.30. The molecule has 6 nitrogen and oxygen atoms in total. The third-order valence-corrected chi connectivity index (χ3v) is 6.36. The van der Waals surface area contributed by atoms with Gasteiger partial charge < -0.3 is 14.4 Å². The smallest absolute Gasteiger partial charge is 0.295 e. The highest BCUT2D eigenvalue weighted by Crippen LogP contribution is 2.29. The Morgan fingerprint density at radius 3 is 2.42 bits per heavy atom. The van der Waals surface area contributed by atoms with E-state index < -0.39 is 11.7 Å². The van der Waals surface area contributed by atoms with Crippen LogP contribution in [0.25, 0.3) is 10.9 Å². The molecular formula is C25H25N3O3. The number of carbonyl (C=O) groups excluding carboxylic acids is 3. The lowest BCUT2D eigenvalue weighted by atomic mass is 10.1. The van der Waals surface area contributed by atoms with Gasteiger partial charge in [0, 0.05) is 42.4 Å². The lowest BCUT2D eigenvalue weighted by Crippen LogP contribution is -2.40. The summed E-state index contributed by atoms with van der Waals surface area (Å²) in [6.07, 6.45) is 5.50. The van der Waals surface area contributed by atoms with Gasteiger partial charge in [0.25, 0.3) is 11.7 Å². The molecular weight excluding hydrogens is 390 g/mol. The number of nitrogens with zero attached hydrogens (tertiary/aromatic N) is 3. The largest absolute Gasteiger partial charge is 0.337 e. The second-order valence-electron chi connectivity index (χ2n) is 8.29. The normalized spacial score (nSPS) is 15.9. The van der Waals surface area contributed by atoms with Crippen LogP contribution in [-0.2, 0) is 22.6 Å². The van der Waals surface area contributed by atoms with Crippen LogP contribution in [0.5, 0.6) is 0 Å². The summed E-state index contributed by atoms with van der Waals surface area (Å²) < 4.78 is 1.80. The van der Waals surface area contributed by atoms with Gasteiger partial charge in [0.2, 0.25) is 5.91 Å². The molecule has 2 amide bonds. The van der Waals surface area contributed by atoms with Crippen LogP contribution >= 0.6 is 0 Å². The standard InChI is InChI=1S/C25H25N3O3/c29-23(28-15-12-18-8-2-4-10-21(18)28)17-27-16-20(19-9-3-5-11-22(19)27)24(30)25(31)26-13-6-1-7-14-26/h2-5,8-11,16H,1,6-7,12-15,17H2. The van der Waals surface area contributed by atoms with Crippen molar-refractivity contribution in [2.45, 2.75) is 32.2 Å². The van der Waals surface area contributed by atoms with Gasteiger partial charge in [-0.15, -0.1) is 0 Å². The van der Waals surface area contributed by atoms with Crippen molar-refractivity contribution in [1.82, 2.24) is 9.47 Å². The van der Waals surface area contributed by atoms with Gasteiger partial charge in [0.15, 0.2) is 0 Å². The second-order valence-corrected chi connectivity index (χ2v) is 8.29. The SMILES string of the molecule is O=C(C(=O)N1CCCCC1)c1cn(CC(=O)N2CCc3ccccc32)c2ccccc12. The van der Waals surface area contributed by atoms with E-state index in [9.17, 15) is 14.4 Å². The number of hydrogen-bond acceptors (Lipinski definition) is 3. The fourth-order valence-corrected chi connectivity index (χ4v) is 4.74. The predicted octanol–water partition coefficient (Wildman–Crippen LogP) is 3.43. The van der Waals surface area contributed by atoms with Crippen molar-refractivity contribution in [1.29, 1.82) is 0 Å². The van der Waals surface area contributed by atoms with E-state index in [1.165, 1.54) is 5.56 Å². The first-order valence-electron chi connectivity index (χ1n) is 10.9. The highest BCUT2D eigenvalue weighted by atomic mass is 16.2. The topological polar surface area (TPSA) is 62.6 Å². The molecule has 2 aliphatic rings. The Balaban J connectivity index is 1.43. The summed E-state index contributed by atoms with van der Waals surface area (Å²) in [6, 6.07) is 15.4. The van der Waals surface area contributed by atoms with Crippen molar-refractivity contribution in [2.24, 2.45) is 0 Å². The lowest BCUT2D eigenvalue weighted by molar-refractivity contribution is -0.127. The summed E-state index contributed by atoms with van der Waals surface area (Å²) in [7, 11) is 0. The number of benzene rings is 2. The number of amides is 2. The molecule has 0 N–H and O–H groups in total. The maximum atomic E-state index is 13.1. The quantitative estimate of drug-likeness (QED) is 0.485. The van der Waals surface area contributed by atoms with Crippen molar-refractivity contribution in [3.8, 4) is 0 Å². The highest BCUT2D eigenvalue weighted by Gasteiger charge is 2.29. The van der Waals surface area contributed by atoms with Crippen molar-refractivity contribution < 1.29 is 14.4 Å². The number of anilines is 1. The third kappa shape index (κ3) is 3.52. The van der Waals surface area contributed by atoms with Gasteiger partial charge in [-0.05, 0) is 43.4 Å². The van der Waals surface area contributed by atoms with Crippen molar-refractivity contribution in [3.63, 3.8) is 0 Å². The van der Waals surface area contributed by atoms with Crippen LogP contribution in [0.15, 0.2) is 54.7 Å². The van der Waals surface area contributed by atoms with E-state index in [4.69, 9.17) is 0 Å². The second kappa shape index (κ2) is 8.02. The third-order valence-electron chi connectivity index (χ3n) is 6.36. The lowest BCUT2D eigenvalue weighted by Gasteiger charge is -2.25. The molecule has 31 heavy (non-hydrogen) atoms. The molecule has 0 aliphatic carbocycles. The van der Waals surface area contributed by atoms with Crippen LogP contribution < -0.4 is 4.90 Å². The number of likely N-dealkylation sites (tertiary alicyclic amines) is 1. The van der Waals surface area contributed by atoms with Crippen LogP contribution in [0.3, 0.4) is 0 Å². The molecule has 0 saturated carbocycles. The van der Waals surface area contributed by atoms with E-state index in [1.807, 2.05) is 47.4 Å². The highest BCUT2D eigenvalue weighted by molar-refractivity contribution is 6.44. The monoisotopic (exact) mass is 415 g/mol. The Bertz CT molecular complexity index is 1170. The number of rotatable bonds is 4. The van der Waals surface area contributed by atoms with Gasteiger partial charge in [0.05, 0.1) is 5.56 Å². The molecule has 0 atom stereocenters. The maximum Gasteiger partial charge on any atom is 0.295 e. The van der Waals surface area contributed by atoms with Gasteiger partial charge in [-0.2, -0.15) is 0 Å². The average molecular weight is 415 g/mol. The van der Waals surface area contributed by atoms with Crippen LogP contribution in [0, 0.1) is 0 Å². The summed E-state index contributed by atoms with van der Waals surface area (Å²) in [6.45, 7) is 2.06. The number of para-hydroxylation sites is 2. The van der Waals surface area contributed by atoms with Crippen LogP contribution in [0.1, 0.15) is 35.2 Å². The Kier molecular flexibility index (Phi) is 5.06. The fourth-order valence-electron chi connectivity index (χ4n) is 4.74. The van der Waals surface area contributed by atoms with Crippen LogP contribution in [0.4, 0.5) is 5.69 Å². The number of carbonyl (C=O) groups is 3. The molecule has 158 valence electrons. The molecule has 1 saturated heterocycles. The molecule has 3 aromatic rings. The number of aromatic nitrogens is 1. The molecule has 5 rings (SSSR count). The molecule has 0 unspecified atom stereocenters. The maximum absolute atomic E-state index is 13.1. The van der Waals surface area contributed by atoms with Crippen LogP contribution in [-0.4, -0.2) is 46.7 Å². The Labute approximate surface area is 181 Å². The van der Waals surface area contributed by atoms with E-state index in [0.29, 0.717) is 30.6 Å². The zero-order valence-corrected chi connectivity index (χ0v) is 17.4. The first kappa shape index (κ1) is 19.5. The fraction of sp³-hybridized carbons (Fsp3) is 0.320. The molecule has 2 aliphatic heterocycles. The summed E-state index contributed by atoms with van der Waals surface area (Å²) >= 11 is 0. The minimum absolute atomic E-state index is 0.0212. The van der Waals surface area contributed by atoms with Crippen molar-refractivity contribution >= 4 is 34.2 Å². The van der Waals surface area contributed by atoms with E-state index in [1.54, 1.807) is 15.7 Å². The number of piperidine rings is 1. The molecule has 3 heterocycles. The molecule has 1 aromatic heterocycles. The number of hydrogen-bond donors (Lipinski definition) is 0. The summed E-state index contributed by atoms with van der Waals surface area (Å²) in [5, 5.41) is 0.715. The Morgan fingerprint density at radius 2 is 1.58 bits per heavy atom. The Morgan fingerprint density at radius 1 is 0.839 bits per heavy atom.